The Kier molecular flexibility index (Phi) is 4.38. The number of aromatic nitrogens is 3. The second-order valence-corrected chi connectivity index (χ2v) is 5.20. The van der Waals surface area contributed by atoms with Gasteiger partial charge in [0.25, 0.3) is 0 Å². The van der Waals surface area contributed by atoms with Crippen LogP contribution in [0.2, 0.25) is 0 Å². The molecule has 0 saturated heterocycles. The van der Waals surface area contributed by atoms with Gasteiger partial charge in [0.05, 0.1) is 11.3 Å². The highest BCUT2D eigenvalue weighted by molar-refractivity contribution is 5.85. The molecule has 5 nitrogen and oxygen atoms in total. The van der Waals surface area contributed by atoms with E-state index in [1.807, 2.05) is 43.3 Å². The van der Waals surface area contributed by atoms with E-state index in [0.29, 0.717) is 23.8 Å². The van der Waals surface area contributed by atoms with E-state index in [9.17, 15) is 4.79 Å². The molecule has 3 rings (SSSR count). The molecule has 0 aliphatic carbocycles. The van der Waals surface area contributed by atoms with Crippen LogP contribution >= 0.6 is 0 Å². The van der Waals surface area contributed by atoms with E-state index in [0.717, 1.165) is 23.0 Å². The lowest BCUT2D eigenvalue weighted by Gasteiger charge is -2.09. The predicted octanol–water partition coefficient (Wildman–Crippen LogP) is 3.27. The molecule has 0 aliphatic rings. The predicted molar refractivity (Wildman–Crippen MR) is 89.2 cm³/mol. The third-order valence-electron chi connectivity index (χ3n) is 3.41. The zero-order chi connectivity index (χ0) is 16.1. The summed E-state index contributed by atoms with van der Waals surface area (Å²) in [4.78, 5) is 24.0. The highest BCUT2D eigenvalue weighted by Gasteiger charge is 2.09. The number of nitrogens with one attached hydrogen (secondary N) is 1. The Morgan fingerprint density at radius 2 is 2.09 bits per heavy atom. The molecule has 0 aliphatic heterocycles. The maximum Gasteiger partial charge on any atom is 0.223 e. The van der Waals surface area contributed by atoms with Gasteiger partial charge in [-0.3, -0.25) is 9.78 Å². The Morgan fingerprint density at radius 1 is 1.17 bits per heavy atom. The molecule has 0 unspecified atom stereocenters. The molecule has 2 heterocycles. The summed E-state index contributed by atoms with van der Waals surface area (Å²) in [6.07, 6.45) is 5.84. The van der Waals surface area contributed by atoms with Crippen molar-refractivity contribution in [3.8, 4) is 11.3 Å². The van der Waals surface area contributed by atoms with Gasteiger partial charge >= 0.3 is 0 Å². The number of pyridine rings is 1. The summed E-state index contributed by atoms with van der Waals surface area (Å²) in [6.45, 7) is 2.58. The molecule has 0 bridgehead atoms. The molecule has 0 radical (unpaired) electrons. The summed E-state index contributed by atoms with van der Waals surface area (Å²) < 4.78 is 0. The van der Waals surface area contributed by atoms with E-state index >= 15 is 0 Å². The molecule has 2 aromatic heterocycles. The van der Waals surface area contributed by atoms with Crippen molar-refractivity contribution in [3.63, 3.8) is 0 Å². The van der Waals surface area contributed by atoms with Crippen molar-refractivity contribution in [3.05, 3.63) is 71.7 Å². The minimum absolute atomic E-state index is 0.475. The third kappa shape index (κ3) is 3.58. The molecule has 0 amide bonds. The van der Waals surface area contributed by atoms with E-state index in [-0.39, 0.29) is 0 Å². The number of benzene rings is 1. The van der Waals surface area contributed by atoms with Crippen LogP contribution in [0.15, 0.2) is 55.0 Å². The highest BCUT2D eigenvalue weighted by atomic mass is 16.1. The SMILES string of the molecule is Cc1cccc(-c2nc(NCc3cccnc3)ncc2C=O)c1. The molecular weight excluding hydrogens is 288 g/mol. The number of carbonyl (C=O) groups is 1. The van der Waals surface area contributed by atoms with Crippen LogP contribution in [0, 0.1) is 6.92 Å². The van der Waals surface area contributed by atoms with Crippen molar-refractivity contribution >= 4 is 12.2 Å². The normalized spacial score (nSPS) is 10.3. The lowest BCUT2D eigenvalue weighted by molar-refractivity contribution is 0.112. The lowest BCUT2D eigenvalue weighted by atomic mass is 10.1. The van der Waals surface area contributed by atoms with Crippen molar-refractivity contribution in [1.82, 2.24) is 15.0 Å². The van der Waals surface area contributed by atoms with Crippen molar-refractivity contribution < 1.29 is 4.79 Å². The molecule has 0 fully saturated rings. The number of aryl methyl sites for hydroxylation is 1. The van der Waals surface area contributed by atoms with Crippen LogP contribution in [-0.2, 0) is 6.54 Å². The van der Waals surface area contributed by atoms with Gasteiger partial charge in [-0.05, 0) is 24.6 Å². The van der Waals surface area contributed by atoms with E-state index in [4.69, 9.17) is 0 Å². The molecule has 0 spiro atoms. The molecular formula is C18H16N4O. The largest absolute Gasteiger partial charge is 0.350 e. The number of nitrogens with zero attached hydrogens (tertiary/aromatic N) is 3. The molecule has 3 aromatic rings. The van der Waals surface area contributed by atoms with Crippen LogP contribution < -0.4 is 5.32 Å². The number of anilines is 1. The smallest absolute Gasteiger partial charge is 0.223 e. The number of carbonyl (C=O) groups excluding carboxylic acids is 1. The second-order valence-electron chi connectivity index (χ2n) is 5.20. The first-order valence-electron chi connectivity index (χ1n) is 7.28. The molecule has 0 saturated carbocycles. The standard InChI is InChI=1S/C18H16N4O/c1-13-4-2-6-15(8-13)17-16(12-23)11-21-18(22-17)20-10-14-5-3-7-19-9-14/h2-9,11-12H,10H2,1H3,(H,20,21,22). The first-order chi connectivity index (χ1) is 11.3. The molecule has 114 valence electrons. The second kappa shape index (κ2) is 6.79. The van der Waals surface area contributed by atoms with E-state index in [2.05, 4.69) is 20.3 Å². The summed E-state index contributed by atoms with van der Waals surface area (Å²) in [7, 11) is 0. The van der Waals surface area contributed by atoms with Gasteiger partial charge in [-0.2, -0.15) is 0 Å². The van der Waals surface area contributed by atoms with Crippen molar-refractivity contribution in [2.45, 2.75) is 13.5 Å². The Balaban J connectivity index is 1.88. The number of hydrogen-bond acceptors (Lipinski definition) is 5. The van der Waals surface area contributed by atoms with Crippen LogP contribution in [0.25, 0.3) is 11.3 Å². The monoisotopic (exact) mass is 304 g/mol. The zero-order valence-corrected chi connectivity index (χ0v) is 12.7. The van der Waals surface area contributed by atoms with E-state index in [1.165, 1.54) is 0 Å². The summed E-state index contributed by atoms with van der Waals surface area (Å²) >= 11 is 0. The first-order valence-corrected chi connectivity index (χ1v) is 7.28. The van der Waals surface area contributed by atoms with Crippen LogP contribution in [-0.4, -0.2) is 21.2 Å². The van der Waals surface area contributed by atoms with Gasteiger partial charge in [0, 0.05) is 30.7 Å². The Labute approximate surface area is 134 Å². The third-order valence-corrected chi connectivity index (χ3v) is 3.41. The van der Waals surface area contributed by atoms with Gasteiger partial charge in [0.15, 0.2) is 6.29 Å². The van der Waals surface area contributed by atoms with Crippen LogP contribution in [0.3, 0.4) is 0 Å². The Hall–Kier alpha value is -3.08. The average molecular weight is 304 g/mol. The van der Waals surface area contributed by atoms with E-state index in [1.54, 1.807) is 18.6 Å². The van der Waals surface area contributed by atoms with Crippen molar-refractivity contribution in [2.24, 2.45) is 0 Å². The van der Waals surface area contributed by atoms with Crippen molar-refractivity contribution in [2.75, 3.05) is 5.32 Å². The van der Waals surface area contributed by atoms with E-state index < -0.39 is 0 Å². The number of hydrogen-bond donors (Lipinski definition) is 1. The van der Waals surface area contributed by atoms with Gasteiger partial charge in [0.1, 0.15) is 0 Å². The van der Waals surface area contributed by atoms with Gasteiger partial charge in [0.2, 0.25) is 5.95 Å². The van der Waals surface area contributed by atoms with Gasteiger partial charge in [-0.25, -0.2) is 9.97 Å². The fourth-order valence-electron chi connectivity index (χ4n) is 2.27. The fourth-order valence-corrected chi connectivity index (χ4v) is 2.27. The lowest BCUT2D eigenvalue weighted by Crippen LogP contribution is -2.06. The molecule has 23 heavy (non-hydrogen) atoms. The van der Waals surface area contributed by atoms with Gasteiger partial charge in [-0.15, -0.1) is 0 Å². The van der Waals surface area contributed by atoms with Crippen LogP contribution in [0.5, 0.6) is 0 Å². The van der Waals surface area contributed by atoms with Crippen molar-refractivity contribution in [1.29, 1.82) is 0 Å². The topological polar surface area (TPSA) is 67.8 Å². The summed E-state index contributed by atoms with van der Waals surface area (Å²) in [6, 6.07) is 11.7. The van der Waals surface area contributed by atoms with Crippen LogP contribution in [0.4, 0.5) is 5.95 Å². The minimum atomic E-state index is 0.475. The number of rotatable bonds is 5. The van der Waals surface area contributed by atoms with Gasteiger partial charge in [-0.1, -0.05) is 29.8 Å². The molecule has 0 atom stereocenters. The Bertz CT molecular complexity index is 818. The molecule has 1 aromatic carbocycles. The fraction of sp³-hybridized carbons (Fsp3) is 0.111. The van der Waals surface area contributed by atoms with Gasteiger partial charge < -0.3 is 5.32 Å². The van der Waals surface area contributed by atoms with Crippen LogP contribution in [0.1, 0.15) is 21.5 Å². The maximum atomic E-state index is 11.3. The first kappa shape index (κ1) is 14.8. The molecule has 5 heteroatoms. The highest BCUT2D eigenvalue weighted by Crippen LogP contribution is 2.22. The minimum Gasteiger partial charge on any atom is -0.350 e. The average Bonchev–Trinajstić information content (AvgIpc) is 2.60. The number of aldehydes is 1. The summed E-state index contributed by atoms with van der Waals surface area (Å²) in [5.41, 5.74) is 4.16. The Morgan fingerprint density at radius 3 is 2.83 bits per heavy atom. The maximum absolute atomic E-state index is 11.3. The summed E-state index contributed by atoms with van der Waals surface area (Å²) in [5, 5.41) is 3.16. The quantitative estimate of drug-likeness (QED) is 0.733. The zero-order valence-electron chi connectivity index (χ0n) is 12.7. The summed E-state index contributed by atoms with van der Waals surface area (Å²) in [5.74, 6) is 0.482. The molecule has 1 N–H and O–H groups in total.